The zero-order chi connectivity index (χ0) is 22.7. The standard InChI is InChI=1S/C26H27FN2O3/c1-17-12-18(2)26(19(3)13-17)32-16-25-28-23-6-4-5-7-24(23)29(25)14-21(30)15-31-22-10-8-20(27)9-11-22/h4-13,21,30H,14-16H2,1-3H3. The van der Waals surface area contributed by atoms with Crippen LogP contribution >= 0.6 is 0 Å². The molecule has 0 fully saturated rings. The van der Waals surface area contributed by atoms with E-state index in [4.69, 9.17) is 14.5 Å². The molecule has 1 heterocycles. The minimum Gasteiger partial charge on any atom is -0.491 e. The van der Waals surface area contributed by atoms with Crippen LogP contribution in [0, 0.1) is 26.6 Å². The van der Waals surface area contributed by atoms with Crippen LogP contribution in [-0.2, 0) is 13.2 Å². The first-order valence-electron chi connectivity index (χ1n) is 10.6. The molecule has 6 heteroatoms. The summed E-state index contributed by atoms with van der Waals surface area (Å²) in [5.41, 5.74) is 5.12. The first-order chi connectivity index (χ1) is 15.4. The van der Waals surface area contributed by atoms with Gasteiger partial charge in [0.05, 0.1) is 17.6 Å². The van der Waals surface area contributed by atoms with Crippen LogP contribution in [0.3, 0.4) is 0 Å². The number of benzene rings is 3. The summed E-state index contributed by atoms with van der Waals surface area (Å²) in [7, 11) is 0. The monoisotopic (exact) mass is 434 g/mol. The van der Waals surface area contributed by atoms with Crippen molar-refractivity contribution < 1.29 is 19.0 Å². The number of para-hydroxylation sites is 2. The quantitative estimate of drug-likeness (QED) is 0.418. The highest BCUT2D eigenvalue weighted by Crippen LogP contribution is 2.26. The van der Waals surface area contributed by atoms with Gasteiger partial charge in [0.2, 0.25) is 0 Å². The Bertz CT molecular complexity index is 1190. The largest absolute Gasteiger partial charge is 0.491 e. The zero-order valence-electron chi connectivity index (χ0n) is 18.5. The third kappa shape index (κ3) is 4.92. The second-order valence-corrected chi connectivity index (χ2v) is 8.06. The smallest absolute Gasteiger partial charge is 0.148 e. The third-order valence-electron chi connectivity index (χ3n) is 5.33. The molecule has 0 aliphatic heterocycles. The number of aliphatic hydroxyl groups is 1. The summed E-state index contributed by atoms with van der Waals surface area (Å²) < 4.78 is 26.8. The van der Waals surface area contributed by atoms with Gasteiger partial charge in [-0.1, -0.05) is 29.8 Å². The number of hydrogen-bond acceptors (Lipinski definition) is 4. The van der Waals surface area contributed by atoms with Gasteiger partial charge in [0.15, 0.2) is 0 Å². The predicted octanol–water partition coefficient (Wildman–Crippen LogP) is 5.12. The molecule has 3 aromatic carbocycles. The van der Waals surface area contributed by atoms with Crippen molar-refractivity contribution in [2.24, 2.45) is 0 Å². The molecule has 0 bridgehead atoms. The Labute approximate surface area is 187 Å². The fourth-order valence-electron chi connectivity index (χ4n) is 3.96. The fourth-order valence-corrected chi connectivity index (χ4v) is 3.96. The van der Waals surface area contributed by atoms with E-state index in [-0.39, 0.29) is 19.0 Å². The average Bonchev–Trinajstić information content (AvgIpc) is 3.10. The van der Waals surface area contributed by atoms with Crippen molar-refractivity contribution in [2.45, 2.75) is 40.0 Å². The molecule has 5 nitrogen and oxygen atoms in total. The number of aromatic nitrogens is 2. The second-order valence-electron chi connectivity index (χ2n) is 8.06. The zero-order valence-corrected chi connectivity index (χ0v) is 18.5. The lowest BCUT2D eigenvalue weighted by Crippen LogP contribution is -2.25. The molecule has 0 aliphatic carbocycles. The SMILES string of the molecule is Cc1cc(C)c(OCc2nc3ccccc3n2CC(O)COc2ccc(F)cc2)c(C)c1. The van der Waals surface area contributed by atoms with E-state index in [0.29, 0.717) is 12.3 Å². The first-order valence-corrected chi connectivity index (χ1v) is 10.6. The van der Waals surface area contributed by atoms with Gasteiger partial charge in [0.25, 0.3) is 0 Å². The third-order valence-corrected chi connectivity index (χ3v) is 5.33. The molecular weight excluding hydrogens is 407 g/mol. The Hall–Kier alpha value is -3.38. The van der Waals surface area contributed by atoms with Gasteiger partial charge in [0.1, 0.15) is 42.5 Å². The average molecular weight is 435 g/mol. The van der Waals surface area contributed by atoms with Gasteiger partial charge in [-0.2, -0.15) is 0 Å². The van der Waals surface area contributed by atoms with Gasteiger partial charge in [-0.15, -0.1) is 0 Å². The van der Waals surface area contributed by atoms with E-state index in [0.717, 1.165) is 33.7 Å². The van der Waals surface area contributed by atoms with Crippen molar-refractivity contribution in [1.82, 2.24) is 9.55 Å². The van der Waals surface area contributed by atoms with E-state index < -0.39 is 6.10 Å². The lowest BCUT2D eigenvalue weighted by Gasteiger charge is -2.17. The fraction of sp³-hybridized carbons (Fsp3) is 0.269. The summed E-state index contributed by atoms with van der Waals surface area (Å²) >= 11 is 0. The number of fused-ring (bicyclic) bond motifs is 1. The lowest BCUT2D eigenvalue weighted by atomic mass is 10.1. The number of halogens is 1. The minimum atomic E-state index is -0.778. The molecule has 1 unspecified atom stereocenters. The maximum atomic E-state index is 13.1. The van der Waals surface area contributed by atoms with Gasteiger partial charge >= 0.3 is 0 Å². The van der Waals surface area contributed by atoms with Crippen LogP contribution in [0.15, 0.2) is 60.7 Å². The minimum absolute atomic E-state index is 0.0780. The highest BCUT2D eigenvalue weighted by atomic mass is 19.1. The number of aliphatic hydroxyl groups excluding tert-OH is 1. The van der Waals surface area contributed by atoms with E-state index in [1.807, 2.05) is 42.7 Å². The summed E-state index contributed by atoms with van der Waals surface area (Å²) in [6.45, 7) is 6.80. The summed E-state index contributed by atoms with van der Waals surface area (Å²) in [6.07, 6.45) is -0.778. The maximum absolute atomic E-state index is 13.1. The van der Waals surface area contributed by atoms with Gasteiger partial charge in [-0.3, -0.25) is 0 Å². The molecule has 0 amide bonds. The second kappa shape index (κ2) is 9.40. The van der Waals surface area contributed by atoms with Crippen LogP contribution < -0.4 is 9.47 Å². The normalized spacial score (nSPS) is 12.2. The molecule has 1 aromatic heterocycles. The molecule has 1 atom stereocenters. The molecule has 166 valence electrons. The van der Waals surface area contributed by atoms with Gasteiger partial charge in [-0.25, -0.2) is 9.37 Å². The molecule has 4 rings (SSSR count). The van der Waals surface area contributed by atoms with E-state index in [2.05, 4.69) is 19.1 Å². The van der Waals surface area contributed by atoms with Crippen molar-refractivity contribution in [1.29, 1.82) is 0 Å². The maximum Gasteiger partial charge on any atom is 0.148 e. The van der Waals surface area contributed by atoms with Gasteiger partial charge in [0, 0.05) is 0 Å². The number of imidazole rings is 1. The summed E-state index contributed by atoms with van der Waals surface area (Å²) in [5, 5.41) is 10.6. The van der Waals surface area contributed by atoms with Crippen molar-refractivity contribution in [3.8, 4) is 11.5 Å². The Morgan fingerprint density at radius 2 is 1.66 bits per heavy atom. The first kappa shape index (κ1) is 21.8. The van der Waals surface area contributed by atoms with Crippen LogP contribution in [0.5, 0.6) is 11.5 Å². The molecule has 0 radical (unpaired) electrons. The molecule has 32 heavy (non-hydrogen) atoms. The number of ether oxygens (including phenoxy) is 2. The number of rotatable bonds is 8. The van der Waals surface area contributed by atoms with E-state index in [1.54, 1.807) is 12.1 Å². The molecule has 0 aliphatic rings. The number of hydrogen-bond donors (Lipinski definition) is 1. The van der Waals surface area contributed by atoms with Crippen LogP contribution in [-0.4, -0.2) is 27.4 Å². The molecule has 1 N–H and O–H groups in total. The summed E-state index contributed by atoms with van der Waals surface area (Å²) in [6, 6.07) is 17.7. The van der Waals surface area contributed by atoms with Crippen molar-refractivity contribution in [3.63, 3.8) is 0 Å². The highest BCUT2D eigenvalue weighted by Gasteiger charge is 2.16. The van der Waals surface area contributed by atoms with Crippen molar-refractivity contribution in [2.75, 3.05) is 6.61 Å². The molecular formula is C26H27FN2O3. The van der Waals surface area contributed by atoms with E-state index >= 15 is 0 Å². The lowest BCUT2D eigenvalue weighted by molar-refractivity contribution is 0.0917. The molecule has 0 saturated carbocycles. The van der Waals surface area contributed by atoms with Crippen molar-refractivity contribution in [3.05, 3.63) is 89.0 Å². The number of aryl methyl sites for hydroxylation is 3. The molecule has 4 aromatic rings. The highest BCUT2D eigenvalue weighted by molar-refractivity contribution is 5.75. The Morgan fingerprint density at radius 3 is 2.38 bits per heavy atom. The Morgan fingerprint density at radius 1 is 0.969 bits per heavy atom. The van der Waals surface area contributed by atoms with Gasteiger partial charge in [-0.05, 0) is 68.3 Å². The van der Waals surface area contributed by atoms with E-state index in [9.17, 15) is 9.50 Å². The van der Waals surface area contributed by atoms with Crippen LogP contribution in [0.1, 0.15) is 22.5 Å². The Kier molecular flexibility index (Phi) is 6.42. The van der Waals surface area contributed by atoms with Gasteiger partial charge < -0.3 is 19.1 Å². The summed E-state index contributed by atoms with van der Waals surface area (Å²) in [5.74, 6) is 1.77. The van der Waals surface area contributed by atoms with Crippen LogP contribution in [0.2, 0.25) is 0 Å². The Balaban J connectivity index is 1.52. The van der Waals surface area contributed by atoms with Crippen molar-refractivity contribution >= 4 is 11.0 Å². The number of nitrogens with zero attached hydrogens (tertiary/aromatic N) is 2. The predicted molar refractivity (Wildman–Crippen MR) is 123 cm³/mol. The van der Waals surface area contributed by atoms with Crippen LogP contribution in [0.25, 0.3) is 11.0 Å². The molecule has 0 spiro atoms. The topological polar surface area (TPSA) is 56.5 Å². The van der Waals surface area contributed by atoms with E-state index in [1.165, 1.54) is 17.7 Å². The molecule has 0 saturated heterocycles. The summed E-state index contributed by atoms with van der Waals surface area (Å²) in [4.78, 5) is 4.73. The van der Waals surface area contributed by atoms with Crippen LogP contribution in [0.4, 0.5) is 4.39 Å².